The molecule has 0 spiro atoms. The number of ether oxygens (including phenoxy) is 1. The molecule has 0 radical (unpaired) electrons. The number of urea groups is 1. The highest BCUT2D eigenvalue weighted by Crippen LogP contribution is 2.40. The van der Waals surface area contributed by atoms with Crippen LogP contribution in [0.4, 0.5) is 36.8 Å². The summed E-state index contributed by atoms with van der Waals surface area (Å²) in [5, 5.41) is 6.83. The summed E-state index contributed by atoms with van der Waals surface area (Å²) in [4.78, 5) is 34.2. The van der Waals surface area contributed by atoms with Gasteiger partial charge in [0, 0.05) is 23.0 Å². The summed E-state index contributed by atoms with van der Waals surface area (Å²) in [6, 6.07) is 14.4. The molecule has 1 unspecified atom stereocenters. The molecule has 3 aromatic carbocycles. The number of carbonyl (C=O) groups excluding carboxylic acids is 2. The third kappa shape index (κ3) is 8.24. The zero-order valence-electron chi connectivity index (χ0n) is 24.1. The molecular weight excluding hydrogens is 674 g/mol. The van der Waals surface area contributed by atoms with Crippen molar-refractivity contribution in [2.45, 2.75) is 31.8 Å². The fourth-order valence-electron chi connectivity index (χ4n) is 4.67. The summed E-state index contributed by atoms with van der Waals surface area (Å²) in [7, 11) is 0. The molecule has 1 N–H and O–H groups in total. The molecule has 5 rings (SSSR count). The minimum Gasteiger partial charge on any atom is -0.406 e. The summed E-state index contributed by atoms with van der Waals surface area (Å²) in [6.45, 7) is 2.06. The molecule has 246 valence electrons. The van der Waals surface area contributed by atoms with E-state index in [-0.39, 0.29) is 34.2 Å². The lowest BCUT2D eigenvalue weighted by molar-refractivity contribution is -0.274. The van der Waals surface area contributed by atoms with E-state index in [9.17, 15) is 35.9 Å². The summed E-state index contributed by atoms with van der Waals surface area (Å²) in [6.07, 6.45) is -7.53. The Kier molecular flexibility index (Phi) is 9.81. The van der Waals surface area contributed by atoms with Gasteiger partial charge in [0.25, 0.3) is 0 Å². The van der Waals surface area contributed by atoms with Crippen LogP contribution in [0.1, 0.15) is 30.4 Å². The van der Waals surface area contributed by atoms with Crippen molar-refractivity contribution < 1.29 is 40.7 Å². The second kappa shape index (κ2) is 13.7. The van der Waals surface area contributed by atoms with E-state index < -0.39 is 35.7 Å². The fraction of sp³-hybridized carbons (Fsp3) is 0.233. The molecule has 1 fully saturated rings. The molecule has 47 heavy (non-hydrogen) atoms. The van der Waals surface area contributed by atoms with Gasteiger partial charge in [-0.05, 0) is 54.4 Å². The average Bonchev–Trinajstić information content (AvgIpc) is 3.64. The number of nitrogens with zero attached hydrogens (tertiary/aromatic N) is 5. The minimum absolute atomic E-state index is 0.0180. The monoisotopic (exact) mass is 696 g/mol. The smallest absolute Gasteiger partial charge is 0.406 e. The van der Waals surface area contributed by atoms with Crippen LogP contribution in [-0.2, 0) is 11.0 Å². The Morgan fingerprint density at radius 1 is 1.06 bits per heavy atom. The van der Waals surface area contributed by atoms with Crippen LogP contribution < -0.4 is 15.0 Å². The van der Waals surface area contributed by atoms with Gasteiger partial charge in [0.15, 0.2) is 11.0 Å². The van der Waals surface area contributed by atoms with Crippen LogP contribution >= 0.6 is 23.4 Å². The van der Waals surface area contributed by atoms with Gasteiger partial charge >= 0.3 is 18.6 Å². The third-order valence-corrected chi connectivity index (χ3v) is 8.09. The topological polar surface area (TPSA) is 102 Å². The van der Waals surface area contributed by atoms with E-state index in [2.05, 4.69) is 25.1 Å². The molecule has 1 atom stereocenters. The highest BCUT2D eigenvalue weighted by molar-refractivity contribution is 8.15. The van der Waals surface area contributed by atoms with Gasteiger partial charge in [-0.25, -0.2) is 14.5 Å². The van der Waals surface area contributed by atoms with Crippen LogP contribution in [0.2, 0.25) is 5.02 Å². The van der Waals surface area contributed by atoms with Crippen molar-refractivity contribution in [3.8, 4) is 22.8 Å². The normalized spacial score (nSPS) is 15.3. The second-order valence-corrected chi connectivity index (χ2v) is 11.4. The number of alkyl halides is 6. The number of hydrogen-bond donors (Lipinski definition) is 1. The molecule has 9 nitrogen and oxygen atoms in total. The molecule has 2 heterocycles. The summed E-state index contributed by atoms with van der Waals surface area (Å²) in [5.41, 5.74) is 0.403. The summed E-state index contributed by atoms with van der Waals surface area (Å²) >= 11 is 6.77. The lowest BCUT2D eigenvalue weighted by atomic mass is 9.95. The number of carbonyl (C=O) groups is 2. The van der Waals surface area contributed by atoms with E-state index in [1.165, 1.54) is 35.3 Å². The lowest BCUT2D eigenvalue weighted by Gasteiger charge is -2.21. The highest BCUT2D eigenvalue weighted by atomic mass is 35.5. The van der Waals surface area contributed by atoms with Crippen molar-refractivity contribution >= 4 is 46.2 Å². The number of aliphatic imine (C=N–C) groups is 1. The van der Waals surface area contributed by atoms with Gasteiger partial charge in [-0.1, -0.05) is 54.6 Å². The number of thioether (sulfide) groups is 1. The first-order valence-electron chi connectivity index (χ1n) is 13.8. The van der Waals surface area contributed by atoms with Crippen LogP contribution in [0.5, 0.6) is 5.75 Å². The maximum atomic E-state index is 13.7. The number of hydrogen-bond acceptors (Lipinski definition) is 6. The van der Waals surface area contributed by atoms with Crippen LogP contribution in [0.15, 0.2) is 78.0 Å². The first kappa shape index (κ1) is 33.8. The van der Waals surface area contributed by atoms with Crippen molar-refractivity contribution in [3.63, 3.8) is 0 Å². The predicted molar refractivity (Wildman–Crippen MR) is 164 cm³/mol. The van der Waals surface area contributed by atoms with Crippen molar-refractivity contribution in [1.29, 1.82) is 0 Å². The predicted octanol–water partition coefficient (Wildman–Crippen LogP) is 7.84. The summed E-state index contributed by atoms with van der Waals surface area (Å²) in [5.74, 6) is -1.02. The van der Waals surface area contributed by atoms with Crippen LogP contribution in [0.3, 0.4) is 0 Å². The van der Waals surface area contributed by atoms with E-state index in [4.69, 9.17) is 11.6 Å². The molecular formula is C30H23ClF6N6O3S. The molecule has 0 aliphatic carbocycles. The van der Waals surface area contributed by atoms with E-state index in [1.807, 2.05) is 19.1 Å². The van der Waals surface area contributed by atoms with Gasteiger partial charge in [0.1, 0.15) is 12.1 Å². The van der Waals surface area contributed by atoms with Gasteiger partial charge in [-0.3, -0.25) is 9.69 Å². The quantitative estimate of drug-likeness (QED) is 0.188. The average molecular weight is 697 g/mol. The molecule has 0 saturated carbocycles. The minimum atomic E-state index is -4.80. The fourth-order valence-corrected chi connectivity index (χ4v) is 5.70. The second-order valence-electron chi connectivity index (χ2n) is 10.0. The molecule has 1 aromatic heterocycles. The zero-order valence-corrected chi connectivity index (χ0v) is 25.7. The first-order valence-corrected chi connectivity index (χ1v) is 15.2. The maximum absolute atomic E-state index is 13.7. The van der Waals surface area contributed by atoms with Crippen LogP contribution in [-0.4, -0.2) is 50.5 Å². The Morgan fingerprint density at radius 3 is 2.40 bits per heavy atom. The van der Waals surface area contributed by atoms with E-state index >= 15 is 0 Å². The molecule has 0 bridgehead atoms. The number of anilines is 1. The van der Waals surface area contributed by atoms with Gasteiger partial charge in [-0.2, -0.15) is 18.2 Å². The van der Waals surface area contributed by atoms with Gasteiger partial charge in [0.05, 0.1) is 22.7 Å². The van der Waals surface area contributed by atoms with Crippen molar-refractivity contribution in [2.75, 3.05) is 17.2 Å². The molecule has 1 aliphatic rings. The standard InChI is InChI=1S/C30H23ClF6N6O3S/c1-2-17(14-38-27(45)40-28-43(25(44)15-47-28)24-13-20(31)7-12-23(24)29(32,33)34)18-3-5-19(6-4-18)26-39-16-42(41-26)21-8-10-22(11-9-21)46-30(35,36)37/h3-13,16-17H,2,14-15H2,1H3,(H,38,45). The molecule has 1 saturated heterocycles. The number of benzene rings is 3. The number of halogens is 7. The number of amidine groups is 1. The first-order chi connectivity index (χ1) is 22.2. The van der Waals surface area contributed by atoms with Crippen molar-refractivity contribution in [3.05, 3.63) is 89.2 Å². The molecule has 3 amide bonds. The number of aromatic nitrogens is 3. The van der Waals surface area contributed by atoms with E-state index in [1.54, 1.807) is 12.1 Å². The van der Waals surface area contributed by atoms with E-state index in [0.717, 1.165) is 40.4 Å². The van der Waals surface area contributed by atoms with E-state index in [0.29, 0.717) is 23.5 Å². The van der Waals surface area contributed by atoms with Gasteiger partial charge < -0.3 is 10.1 Å². The SMILES string of the molecule is CCC(CNC(=O)N=C1SCC(=O)N1c1cc(Cl)ccc1C(F)(F)F)c1ccc(-c2ncn(-c3ccc(OC(F)(F)F)cc3)n2)cc1. The van der Waals surface area contributed by atoms with Gasteiger partial charge in [0.2, 0.25) is 5.91 Å². The van der Waals surface area contributed by atoms with Crippen molar-refractivity contribution in [2.24, 2.45) is 4.99 Å². The highest BCUT2D eigenvalue weighted by Gasteiger charge is 2.40. The molecule has 17 heteroatoms. The Labute approximate surface area is 272 Å². The molecule has 1 aliphatic heterocycles. The Hall–Kier alpha value is -4.57. The molecule has 4 aromatic rings. The third-order valence-electron chi connectivity index (χ3n) is 6.93. The Morgan fingerprint density at radius 2 is 1.77 bits per heavy atom. The largest absolute Gasteiger partial charge is 0.573 e. The summed E-state index contributed by atoms with van der Waals surface area (Å²) < 4.78 is 83.5. The van der Waals surface area contributed by atoms with Crippen LogP contribution in [0.25, 0.3) is 17.1 Å². The van der Waals surface area contributed by atoms with Crippen LogP contribution in [0, 0.1) is 0 Å². The number of amides is 3. The Balaban J connectivity index is 1.24. The lowest BCUT2D eigenvalue weighted by Crippen LogP contribution is -2.33. The Bertz CT molecular complexity index is 1800. The van der Waals surface area contributed by atoms with Crippen molar-refractivity contribution in [1.82, 2.24) is 20.1 Å². The number of nitrogens with one attached hydrogen (secondary N) is 1. The maximum Gasteiger partial charge on any atom is 0.573 e. The van der Waals surface area contributed by atoms with Gasteiger partial charge in [-0.15, -0.1) is 18.3 Å². The zero-order chi connectivity index (χ0) is 33.9. The number of rotatable bonds is 8.